The van der Waals surface area contributed by atoms with Crippen LogP contribution in [0, 0.1) is 0 Å². The van der Waals surface area contributed by atoms with Crippen molar-refractivity contribution in [3.8, 4) is 0 Å². The summed E-state index contributed by atoms with van der Waals surface area (Å²) in [4.78, 5) is 13.1. The number of rotatable bonds is 2. The molecule has 0 bridgehead atoms. The number of halogens is 4. The topological polar surface area (TPSA) is 46.3 Å². The van der Waals surface area contributed by atoms with Gasteiger partial charge in [0.25, 0.3) is 0 Å². The molecule has 0 radical (unpaired) electrons. The summed E-state index contributed by atoms with van der Waals surface area (Å²) in [6.45, 7) is 0.534. The van der Waals surface area contributed by atoms with Gasteiger partial charge in [0.15, 0.2) is 0 Å². The molecule has 1 aliphatic rings. The fourth-order valence-corrected chi connectivity index (χ4v) is 2.92. The Kier molecular flexibility index (Phi) is 4.27. The SMILES string of the molecule is NC(=O)C1CCCCN1c1ccc(Br)c(C(F)(F)F)c1. The van der Waals surface area contributed by atoms with E-state index in [0.717, 1.165) is 18.9 Å². The monoisotopic (exact) mass is 350 g/mol. The number of amides is 1. The number of carbonyl (C=O) groups is 1. The van der Waals surface area contributed by atoms with Crippen molar-refractivity contribution in [2.24, 2.45) is 5.73 Å². The van der Waals surface area contributed by atoms with Crippen molar-refractivity contribution in [3.05, 3.63) is 28.2 Å². The first-order chi connectivity index (χ1) is 9.30. The highest BCUT2D eigenvalue weighted by Crippen LogP contribution is 2.38. The zero-order valence-corrected chi connectivity index (χ0v) is 12.2. The zero-order valence-electron chi connectivity index (χ0n) is 10.6. The molecule has 1 atom stereocenters. The lowest BCUT2D eigenvalue weighted by Crippen LogP contribution is -2.47. The van der Waals surface area contributed by atoms with E-state index in [-0.39, 0.29) is 4.47 Å². The highest BCUT2D eigenvalue weighted by Gasteiger charge is 2.35. The van der Waals surface area contributed by atoms with Crippen LogP contribution in [0.25, 0.3) is 0 Å². The maximum absolute atomic E-state index is 12.9. The number of nitrogens with two attached hydrogens (primary N) is 1. The first kappa shape index (κ1) is 15.2. The van der Waals surface area contributed by atoms with Gasteiger partial charge in [0, 0.05) is 16.7 Å². The normalized spacial score (nSPS) is 20.0. The molecule has 0 aliphatic carbocycles. The number of hydrogen-bond acceptors (Lipinski definition) is 2. The molecule has 110 valence electrons. The zero-order chi connectivity index (χ0) is 14.9. The number of primary amides is 1. The largest absolute Gasteiger partial charge is 0.417 e. The van der Waals surface area contributed by atoms with E-state index in [4.69, 9.17) is 5.73 Å². The lowest BCUT2D eigenvalue weighted by Gasteiger charge is -2.36. The van der Waals surface area contributed by atoms with Crippen LogP contribution in [0.15, 0.2) is 22.7 Å². The quantitative estimate of drug-likeness (QED) is 0.889. The molecule has 1 saturated heterocycles. The second-order valence-electron chi connectivity index (χ2n) is 4.77. The Morgan fingerprint density at radius 1 is 1.35 bits per heavy atom. The van der Waals surface area contributed by atoms with E-state index in [2.05, 4.69) is 15.9 Å². The Labute approximate surface area is 123 Å². The van der Waals surface area contributed by atoms with E-state index in [1.807, 2.05) is 0 Å². The summed E-state index contributed by atoms with van der Waals surface area (Å²) in [6, 6.07) is 3.45. The third kappa shape index (κ3) is 3.08. The third-order valence-corrected chi connectivity index (χ3v) is 4.11. The minimum atomic E-state index is -4.44. The van der Waals surface area contributed by atoms with Crippen molar-refractivity contribution in [1.29, 1.82) is 0 Å². The molecular formula is C13H14BrF3N2O. The van der Waals surface area contributed by atoms with Crippen LogP contribution in [0.2, 0.25) is 0 Å². The maximum atomic E-state index is 12.9. The minimum absolute atomic E-state index is 0.0126. The summed E-state index contributed by atoms with van der Waals surface area (Å²) in [7, 11) is 0. The average Bonchev–Trinajstić information content (AvgIpc) is 2.38. The van der Waals surface area contributed by atoms with E-state index >= 15 is 0 Å². The van der Waals surface area contributed by atoms with Crippen molar-refractivity contribution >= 4 is 27.5 Å². The minimum Gasteiger partial charge on any atom is -0.368 e. The van der Waals surface area contributed by atoms with Gasteiger partial charge in [-0.15, -0.1) is 0 Å². The van der Waals surface area contributed by atoms with Gasteiger partial charge < -0.3 is 10.6 Å². The highest BCUT2D eigenvalue weighted by molar-refractivity contribution is 9.10. The molecule has 1 unspecified atom stereocenters. The van der Waals surface area contributed by atoms with Crippen LogP contribution in [-0.4, -0.2) is 18.5 Å². The molecular weight excluding hydrogens is 337 g/mol. The van der Waals surface area contributed by atoms with Gasteiger partial charge in [0.05, 0.1) is 5.56 Å². The molecule has 1 heterocycles. The molecule has 0 spiro atoms. The molecule has 7 heteroatoms. The van der Waals surface area contributed by atoms with Gasteiger partial charge in [-0.25, -0.2) is 0 Å². The molecule has 2 rings (SSSR count). The molecule has 1 aromatic rings. The molecule has 3 nitrogen and oxygen atoms in total. The number of anilines is 1. The Morgan fingerprint density at radius 2 is 2.05 bits per heavy atom. The second-order valence-corrected chi connectivity index (χ2v) is 5.62. The summed E-state index contributed by atoms with van der Waals surface area (Å²) in [6.07, 6.45) is -2.17. The Hall–Kier alpha value is -1.24. The van der Waals surface area contributed by atoms with Crippen molar-refractivity contribution < 1.29 is 18.0 Å². The van der Waals surface area contributed by atoms with Crippen LogP contribution in [0.3, 0.4) is 0 Å². The van der Waals surface area contributed by atoms with Crippen LogP contribution in [0.1, 0.15) is 24.8 Å². The summed E-state index contributed by atoms with van der Waals surface area (Å²) in [5, 5.41) is 0. The van der Waals surface area contributed by atoms with Crippen molar-refractivity contribution in [3.63, 3.8) is 0 Å². The number of alkyl halides is 3. The molecule has 1 fully saturated rings. The lowest BCUT2D eigenvalue weighted by atomic mass is 10.00. The van der Waals surface area contributed by atoms with Gasteiger partial charge in [0.1, 0.15) is 6.04 Å². The number of piperidine rings is 1. The Morgan fingerprint density at radius 3 is 2.65 bits per heavy atom. The predicted molar refractivity (Wildman–Crippen MR) is 73.3 cm³/mol. The Balaban J connectivity index is 2.39. The standard InChI is InChI=1S/C13H14BrF3N2O/c14-10-5-4-8(7-9(10)13(15,16)17)19-6-2-1-3-11(19)12(18)20/h4-5,7,11H,1-3,6H2,(H2,18,20). The summed E-state index contributed by atoms with van der Waals surface area (Å²) < 4.78 is 38.7. The van der Waals surface area contributed by atoms with Gasteiger partial charge >= 0.3 is 6.18 Å². The highest BCUT2D eigenvalue weighted by atomic mass is 79.9. The van der Waals surface area contributed by atoms with E-state index in [1.54, 1.807) is 11.0 Å². The van der Waals surface area contributed by atoms with Crippen molar-refractivity contribution in [2.75, 3.05) is 11.4 Å². The Bertz CT molecular complexity index is 519. The van der Waals surface area contributed by atoms with Gasteiger partial charge in [0.2, 0.25) is 5.91 Å². The smallest absolute Gasteiger partial charge is 0.368 e. The van der Waals surface area contributed by atoms with Crippen LogP contribution < -0.4 is 10.6 Å². The molecule has 1 amide bonds. The maximum Gasteiger partial charge on any atom is 0.417 e. The average molecular weight is 351 g/mol. The molecule has 1 aromatic carbocycles. The first-order valence-electron chi connectivity index (χ1n) is 6.23. The fourth-order valence-electron chi connectivity index (χ4n) is 2.45. The van der Waals surface area contributed by atoms with E-state index < -0.39 is 23.7 Å². The van der Waals surface area contributed by atoms with Crippen molar-refractivity contribution in [1.82, 2.24) is 0 Å². The number of benzene rings is 1. The molecule has 0 aromatic heterocycles. The molecule has 1 aliphatic heterocycles. The fraction of sp³-hybridized carbons (Fsp3) is 0.462. The predicted octanol–water partition coefficient (Wildman–Crippen LogP) is 3.31. The lowest BCUT2D eigenvalue weighted by molar-refractivity contribution is -0.138. The van der Waals surface area contributed by atoms with Crippen LogP contribution in [-0.2, 0) is 11.0 Å². The summed E-state index contributed by atoms with van der Waals surface area (Å²) in [5.74, 6) is -0.499. The van der Waals surface area contributed by atoms with Gasteiger partial charge in [-0.3, -0.25) is 4.79 Å². The van der Waals surface area contributed by atoms with E-state index in [0.29, 0.717) is 18.7 Å². The van der Waals surface area contributed by atoms with Crippen LogP contribution >= 0.6 is 15.9 Å². The van der Waals surface area contributed by atoms with Crippen LogP contribution in [0.4, 0.5) is 18.9 Å². The number of nitrogens with zero attached hydrogens (tertiary/aromatic N) is 1. The first-order valence-corrected chi connectivity index (χ1v) is 7.02. The second kappa shape index (κ2) is 5.63. The van der Waals surface area contributed by atoms with E-state index in [1.165, 1.54) is 6.07 Å². The molecule has 2 N–H and O–H groups in total. The molecule has 20 heavy (non-hydrogen) atoms. The van der Waals surface area contributed by atoms with Crippen molar-refractivity contribution in [2.45, 2.75) is 31.5 Å². The third-order valence-electron chi connectivity index (χ3n) is 3.42. The summed E-state index contributed by atoms with van der Waals surface area (Å²) >= 11 is 2.90. The summed E-state index contributed by atoms with van der Waals surface area (Å²) in [5.41, 5.74) is 4.97. The van der Waals surface area contributed by atoms with Gasteiger partial charge in [-0.05, 0) is 37.5 Å². The number of carbonyl (C=O) groups excluding carboxylic acids is 1. The van der Waals surface area contributed by atoms with Gasteiger partial charge in [-0.2, -0.15) is 13.2 Å². The van der Waals surface area contributed by atoms with Gasteiger partial charge in [-0.1, -0.05) is 15.9 Å². The van der Waals surface area contributed by atoms with E-state index in [9.17, 15) is 18.0 Å². The van der Waals surface area contributed by atoms with Crippen LogP contribution in [0.5, 0.6) is 0 Å². The molecule has 0 saturated carbocycles. The number of hydrogen-bond donors (Lipinski definition) is 1.